The van der Waals surface area contributed by atoms with Gasteiger partial charge in [-0.2, -0.15) is 4.98 Å². The number of aromatic nitrogens is 2. The smallest absolute Gasteiger partial charge is 0.263 e. The number of benzene rings is 2. The van der Waals surface area contributed by atoms with Crippen molar-refractivity contribution in [3.8, 4) is 17.1 Å². The van der Waals surface area contributed by atoms with Crippen molar-refractivity contribution in [2.75, 3.05) is 18.4 Å². The first-order valence-electron chi connectivity index (χ1n) is 10.8. The zero-order valence-electron chi connectivity index (χ0n) is 18.5. The fraction of sp³-hybridized carbons (Fsp3) is 0.333. The van der Waals surface area contributed by atoms with Crippen LogP contribution < -0.4 is 10.1 Å². The number of halogens is 1. The maximum absolute atomic E-state index is 12.8. The average molecular weight is 469 g/mol. The third kappa shape index (κ3) is 5.70. The SMILES string of the molecule is CC(=O)Nc1ccc(-c2noc(C3CCN(C(=O)[C@H](C)Oc4cccc(Cl)c4)CC3)n2)cc1. The maximum Gasteiger partial charge on any atom is 0.263 e. The number of anilines is 1. The lowest BCUT2D eigenvalue weighted by Crippen LogP contribution is -2.44. The molecule has 33 heavy (non-hydrogen) atoms. The molecule has 2 aromatic carbocycles. The van der Waals surface area contributed by atoms with E-state index >= 15 is 0 Å². The Kier molecular flexibility index (Phi) is 6.93. The Morgan fingerprint density at radius 1 is 1.18 bits per heavy atom. The summed E-state index contributed by atoms with van der Waals surface area (Å²) in [6, 6.07) is 14.3. The summed E-state index contributed by atoms with van der Waals surface area (Å²) in [4.78, 5) is 30.3. The molecule has 1 atom stereocenters. The molecular formula is C24H25ClN4O4. The number of nitrogens with one attached hydrogen (secondary N) is 1. The summed E-state index contributed by atoms with van der Waals surface area (Å²) in [5, 5.41) is 7.40. The summed E-state index contributed by atoms with van der Waals surface area (Å²) >= 11 is 5.99. The van der Waals surface area contributed by atoms with Gasteiger partial charge in [-0.1, -0.05) is 22.8 Å². The minimum atomic E-state index is -0.601. The van der Waals surface area contributed by atoms with Crippen LogP contribution in [0.5, 0.6) is 5.75 Å². The van der Waals surface area contributed by atoms with Crippen molar-refractivity contribution in [3.63, 3.8) is 0 Å². The third-order valence-corrected chi connectivity index (χ3v) is 5.75. The molecule has 172 valence electrons. The summed E-state index contributed by atoms with van der Waals surface area (Å²) in [6.07, 6.45) is 0.868. The van der Waals surface area contributed by atoms with E-state index in [4.69, 9.17) is 20.9 Å². The van der Waals surface area contributed by atoms with Gasteiger partial charge in [0, 0.05) is 42.2 Å². The first-order valence-corrected chi connectivity index (χ1v) is 11.2. The highest BCUT2D eigenvalue weighted by molar-refractivity contribution is 6.30. The quantitative estimate of drug-likeness (QED) is 0.571. The van der Waals surface area contributed by atoms with Gasteiger partial charge in [0.25, 0.3) is 5.91 Å². The molecule has 0 spiro atoms. The van der Waals surface area contributed by atoms with Gasteiger partial charge in [0.05, 0.1) is 0 Å². The number of nitrogens with zero attached hydrogens (tertiary/aromatic N) is 3. The first-order chi connectivity index (χ1) is 15.9. The van der Waals surface area contributed by atoms with Crippen LogP contribution in [0, 0.1) is 0 Å². The monoisotopic (exact) mass is 468 g/mol. The highest BCUT2D eigenvalue weighted by Gasteiger charge is 2.30. The van der Waals surface area contributed by atoms with Crippen LogP contribution in [0.2, 0.25) is 5.02 Å². The second-order valence-corrected chi connectivity index (χ2v) is 8.47. The van der Waals surface area contributed by atoms with Crippen molar-refractivity contribution in [1.82, 2.24) is 15.0 Å². The topological polar surface area (TPSA) is 97.6 Å². The van der Waals surface area contributed by atoms with E-state index in [0.717, 1.165) is 18.4 Å². The molecule has 1 N–H and O–H groups in total. The molecule has 1 aliphatic heterocycles. The number of hydrogen-bond acceptors (Lipinski definition) is 6. The standard InChI is InChI=1S/C24H25ClN4O4/c1-15(32-21-5-3-4-19(25)14-21)24(31)29-12-10-18(11-13-29)23-27-22(28-33-23)17-6-8-20(9-7-17)26-16(2)30/h3-9,14-15,18H,10-13H2,1-2H3,(H,26,30)/t15-/m0/s1. The number of ether oxygens (including phenoxy) is 1. The Hall–Kier alpha value is -3.39. The van der Waals surface area contributed by atoms with Crippen molar-refractivity contribution in [3.05, 3.63) is 59.4 Å². The van der Waals surface area contributed by atoms with Crippen LogP contribution in [0.4, 0.5) is 5.69 Å². The lowest BCUT2D eigenvalue weighted by molar-refractivity contribution is -0.139. The van der Waals surface area contributed by atoms with Gasteiger partial charge in [-0.05, 0) is 62.2 Å². The highest BCUT2D eigenvalue weighted by atomic mass is 35.5. The molecule has 1 saturated heterocycles. The van der Waals surface area contributed by atoms with Crippen LogP contribution in [-0.4, -0.2) is 46.0 Å². The van der Waals surface area contributed by atoms with Gasteiger partial charge in [-0.3, -0.25) is 9.59 Å². The van der Waals surface area contributed by atoms with Crippen molar-refractivity contribution in [2.24, 2.45) is 0 Å². The predicted octanol–water partition coefficient (Wildman–Crippen LogP) is 4.52. The van der Waals surface area contributed by atoms with Gasteiger partial charge < -0.3 is 19.5 Å². The molecule has 2 heterocycles. The van der Waals surface area contributed by atoms with Crippen LogP contribution in [-0.2, 0) is 9.59 Å². The molecule has 9 heteroatoms. The molecule has 0 radical (unpaired) electrons. The Bertz CT molecular complexity index is 1120. The lowest BCUT2D eigenvalue weighted by Gasteiger charge is -2.32. The molecule has 4 rings (SSSR count). The van der Waals surface area contributed by atoms with Gasteiger partial charge in [0.1, 0.15) is 5.75 Å². The first kappa shape index (κ1) is 22.8. The summed E-state index contributed by atoms with van der Waals surface area (Å²) < 4.78 is 11.3. The number of carbonyl (C=O) groups is 2. The summed E-state index contributed by atoms with van der Waals surface area (Å²) in [5.74, 6) is 1.56. The zero-order valence-corrected chi connectivity index (χ0v) is 19.2. The Labute approximate surface area is 196 Å². The van der Waals surface area contributed by atoms with E-state index in [1.54, 1.807) is 43.3 Å². The van der Waals surface area contributed by atoms with E-state index in [1.165, 1.54) is 6.92 Å². The number of piperidine rings is 1. The van der Waals surface area contributed by atoms with E-state index in [0.29, 0.717) is 41.3 Å². The molecule has 0 bridgehead atoms. The van der Waals surface area contributed by atoms with Gasteiger partial charge in [0.2, 0.25) is 17.6 Å². The molecule has 3 aromatic rings. The van der Waals surface area contributed by atoms with Gasteiger partial charge in [-0.15, -0.1) is 0 Å². The summed E-state index contributed by atoms with van der Waals surface area (Å²) in [7, 11) is 0. The minimum absolute atomic E-state index is 0.0566. The number of amides is 2. The third-order valence-electron chi connectivity index (χ3n) is 5.52. The van der Waals surface area contributed by atoms with Crippen LogP contribution in [0.1, 0.15) is 38.5 Å². The van der Waals surface area contributed by atoms with Crippen LogP contribution in [0.25, 0.3) is 11.4 Å². The van der Waals surface area contributed by atoms with Crippen molar-refractivity contribution in [2.45, 2.75) is 38.7 Å². The van der Waals surface area contributed by atoms with E-state index in [-0.39, 0.29) is 17.7 Å². The van der Waals surface area contributed by atoms with E-state index < -0.39 is 6.10 Å². The van der Waals surface area contributed by atoms with E-state index in [9.17, 15) is 9.59 Å². The van der Waals surface area contributed by atoms with Gasteiger partial charge in [-0.25, -0.2) is 0 Å². The lowest BCUT2D eigenvalue weighted by atomic mass is 9.96. The molecule has 0 saturated carbocycles. The predicted molar refractivity (Wildman–Crippen MR) is 124 cm³/mol. The summed E-state index contributed by atoms with van der Waals surface area (Å²) in [5.41, 5.74) is 1.51. The van der Waals surface area contributed by atoms with Gasteiger partial charge >= 0.3 is 0 Å². The van der Waals surface area contributed by atoms with Crippen molar-refractivity contribution in [1.29, 1.82) is 0 Å². The van der Waals surface area contributed by atoms with E-state index in [1.807, 2.05) is 17.0 Å². The molecule has 0 aliphatic carbocycles. The van der Waals surface area contributed by atoms with Crippen LogP contribution in [0.15, 0.2) is 53.1 Å². The fourth-order valence-electron chi connectivity index (χ4n) is 3.82. The fourth-order valence-corrected chi connectivity index (χ4v) is 4.00. The molecule has 0 unspecified atom stereocenters. The molecule has 1 aromatic heterocycles. The molecule has 1 aliphatic rings. The Balaban J connectivity index is 1.32. The van der Waals surface area contributed by atoms with Crippen molar-refractivity contribution < 1.29 is 18.8 Å². The molecular weight excluding hydrogens is 444 g/mol. The second kappa shape index (κ2) is 10.0. The normalized spacial score (nSPS) is 15.2. The minimum Gasteiger partial charge on any atom is -0.481 e. The average Bonchev–Trinajstić information content (AvgIpc) is 3.29. The number of hydrogen-bond donors (Lipinski definition) is 1. The molecule has 1 fully saturated rings. The molecule has 2 amide bonds. The van der Waals surface area contributed by atoms with Crippen LogP contribution in [0.3, 0.4) is 0 Å². The largest absolute Gasteiger partial charge is 0.481 e. The zero-order chi connectivity index (χ0) is 23.4. The highest BCUT2D eigenvalue weighted by Crippen LogP contribution is 2.29. The Morgan fingerprint density at radius 3 is 2.58 bits per heavy atom. The van der Waals surface area contributed by atoms with E-state index in [2.05, 4.69) is 15.5 Å². The van der Waals surface area contributed by atoms with Gasteiger partial charge in [0.15, 0.2) is 6.10 Å². The second-order valence-electron chi connectivity index (χ2n) is 8.03. The van der Waals surface area contributed by atoms with Crippen molar-refractivity contribution >= 4 is 29.1 Å². The Morgan fingerprint density at radius 2 is 1.91 bits per heavy atom. The van der Waals surface area contributed by atoms with Crippen LogP contribution >= 0.6 is 11.6 Å². The number of carbonyl (C=O) groups excluding carboxylic acids is 2. The number of likely N-dealkylation sites (tertiary alicyclic amines) is 1. The maximum atomic E-state index is 12.8. The summed E-state index contributed by atoms with van der Waals surface area (Å²) in [6.45, 7) is 4.40. The number of rotatable bonds is 6. The molecule has 8 nitrogen and oxygen atoms in total.